The molecule has 0 saturated heterocycles. The first kappa shape index (κ1) is 26.7. The lowest BCUT2D eigenvalue weighted by Gasteiger charge is -2.16. The van der Waals surface area contributed by atoms with Crippen LogP contribution in [0.2, 0.25) is 0 Å². The van der Waals surface area contributed by atoms with E-state index in [2.05, 4.69) is 174 Å². The molecule has 0 N–H and O–H groups in total. The number of allylic oxidation sites excluding steroid dienone is 2. The summed E-state index contributed by atoms with van der Waals surface area (Å²) in [6, 6.07) is 52.5. The summed E-state index contributed by atoms with van der Waals surface area (Å²) in [7, 11) is 0. The van der Waals surface area contributed by atoms with E-state index in [4.69, 9.17) is 0 Å². The van der Waals surface area contributed by atoms with E-state index in [-0.39, 0.29) is 0 Å². The Labute approximate surface area is 263 Å². The number of para-hydroxylation sites is 2. The van der Waals surface area contributed by atoms with Crippen LogP contribution in [0, 0.1) is 6.92 Å². The van der Waals surface area contributed by atoms with Gasteiger partial charge in [-0.3, -0.25) is 0 Å². The lowest BCUT2D eigenvalue weighted by molar-refractivity contribution is 1.05. The Morgan fingerprint density at radius 2 is 1.04 bits per heavy atom. The van der Waals surface area contributed by atoms with Crippen molar-refractivity contribution in [2.75, 3.05) is 0 Å². The molecular weight excluding hydrogens is 544 g/mol. The molecule has 6 aromatic carbocycles. The van der Waals surface area contributed by atoms with Gasteiger partial charge in [0, 0.05) is 38.8 Å². The standard InChI is InChI=1S/C43H32N2/c1-3-4-22-37-30(2)44(35-20-12-7-13-21-35)42-39(37)25-26-40-38-23-14-15-24-41(38)45(43(40)42)36-28-33(31-16-8-5-9-17-31)27-34(29-36)32-18-10-6-11-19-32/h3-29H,1H2,2H3/b22-4-. The van der Waals surface area contributed by atoms with Gasteiger partial charge in [0.15, 0.2) is 0 Å². The average Bonchev–Trinajstić information content (AvgIpc) is 3.59. The van der Waals surface area contributed by atoms with Gasteiger partial charge in [0.2, 0.25) is 0 Å². The zero-order valence-electron chi connectivity index (χ0n) is 25.2. The van der Waals surface area contributed by atoms with Crippen LogP contribution < -0.4 is 0 Å². The number of hydrogen-bond acceptors (Lipinski definition) is 0. The molecule has 0 amide bonds. The highest BCUT2D eigenvalue weighted by molar-refractivity contribution is 6.19. The van der Waals surface area contributed by atoms with Gasteiger partial charge in [-0.15, -0.1) is 0 Å². The summed E-state index contributed by atoms with van der Waals surface area (Å²) in [5.41, 5.74) is 13.0. The van der Waals surface area contributed by atoms with E-state index < -0.39 is 0 Å². The zero-order chi connectivity index (χ0) is 30.3. The van der Waals surface area contributed by atoms with Crippen molar-refractivity contribution in [1.29, 1.82) is 0 Å². The van der Waals surface area contributed by atoms with Gasteiger partial charge in [-0.25, -0.2) is 0 Å². The minimum Gasteiger partial charge on any atom is -0.311 e. The van der Waals surface area contributed by atoms with Gasteiger partial charge in [0.1, 0.15) is 0 Å². The Kier molecular flexibility index (Phi) is 6.54. The Bertz CT molecular complexity index is 2310. The first-order valence-corrected chi connectivity index (χ1v) is 15.4. The molecule has 0 aliphatic carbocycles. The maximum absolute atomic E-state index is 3.95. The molecule has 2 aromatic heterocycles. The largest absolute Gasteiger partial charge is 0.311 e. The van der Waals surface area contributed by atoms with Crippen LogP contribution in [0.25, 0.3) is 72.4 Å². The molecule has 8 rings (SSSR count). The van der Waals surface area contributed by atoms with Gasteiger partial charge in [0.05, 0.1) is 16.6 Å². The van der Waals surface area contributed by atoms with Gasteiger partial charge in [-0.2, -0.15) is 0 Å². The summed E-state index contributed by atoms with van der Waals surface area (Å²) in [6.07, 6.45) is 6.07. The van der Waals surface area contributed by atoms with Crippen LogP contribution in [0.3, 0.4) is 0 Å². The first-order chi connectivity index (χ1) is 22.2. The minimum absolute atomic E-state index is 1.13. The van der Waals surface area contributed by atoms with Gasteiger partial charge in [0.25, 0.3) is 0 Å². The van der Waals surface area contributed by atoms with Gasteiger partial charge in [-0.1, -0.05) is 134 Å². The quantitative estimate of drug-likeness (QED) is 0.174. The van der Waals surface area contributed by atoms with E-state index in [0.717, 1.165) is 11.4 Å². The molecule has 0 fully saturated rings. The molecule has 0 radical (unpaired) electrons. The zero-order valence-corrected chi connectivity index (χ0v) is 25.2. The Morgan fingerprint density at radius 1 is 0.489 bits per heavy atom. The molecule has 0 bridgehead atoms. The van der Waals surface area contributed by atoms with E-state index in [0.29, 0.717) is 0 Å². The molecule has 8 aromatic rings. The third-order valence-corrected chi connectivity index (χ3v) is 8.85. The van der Waals surface area contributed by atoms with Crippen molar-refractivity contribution >= 4 is 38.8 Å². The molecule has 214 valence electrons. The fraction of sp³-hybridized carbons (Fsp3) is 0.0233. The summed E-state index contributed by atoms with van der Waals surface area (Å²) in [5, 5.41) is 3.69. The Hall–Kier alpha value is -5.86. The molecule has 0 saturated carbocycles. The number of aromatic nitrogens is 2. The summed E-state index contributed by atoms with van der Waals surface area (Å²) in [5.74, 6) is 0. The lowest BCUT2D eigenvalue weighted by atomic mass is 9.98. The minimum atomic E-state index is 1.13. The highest BCUT2D eigenvalue weighted by Crippen LogP contribution is 2.42. The maximum Gasteiger partial charge on any atom is 0.0788 e. The van der Waals surface area contributed by atoms with Crippen LogP contribution in [-0.4, -0.2) is 9.13 Å². The van der Waals surface area contributed by atoms with Crippen LogP contribution in [0.5, 0.6) is 0 Å². The van der Waals surface area contributed by atoms with Crippen LogP contribution >= 0.6 is 0 Å². The van der Waals surface area contributed by atoms with E-state index >= 15 is 0 Å². The van der Waals surface area contributed by atoms with Crippen molar-refractivity contribution in [2.45, 2.75) is 6.92 Å². The molecule has 0 aliphatic rings. The fourth-order valence-corrected chi connectivity index (χ4v) is 6.84. The number of benzene rings is 6. The molecule has 2 heteroatoms. The second-order valence-electron chi connectivity index (χ2n) is 11.5. The monoisotopic (exact) mass is 576 g/mol. The van der Waals surface area contributed by atoms with Crippen molar-refractivity contribution in [3.63, 3.8) is 0 Å². The number of rotatable bonds is 6. The van der Waals surface area contributed by atoms with Crippen molar-refractivity contribution < 1.29 is 0 Å². The number of fused-ring (bicyclic) bond motifs is 5. The van der Waals surface area contributed by atoms with Gasteiger partial charge in [-0.05, 0) is 65.6 Å². The summed E-state index contributed by atoms with van der Waals surface area (Å²) in [6.45, 7) is 6.17. The van der Waals surface area contributed by atoms with Crippen LogP contribution in [-0.2, 0) is 0 Å². The topological polar surface area (TPSA) is 9.86 Å². The Morgan fingerprint density at radius 3 is 1.69 bits per heavy atom. The van der Waals surface area contributed by atoms with Crippen LogP contribution in [0.15, 0.2) is 164 Å². The number of hydrogen-bond donors (Lipinski definition) is 0. The van der Waals surface area contributed by atoms with Crippen LogP contribution in [0.4, 0.5) is 0 Å². The number of nitrogens with zero attached hydrogens (tertiary/aromatic N) is 2. The van der Waals surface area contributed by atoms with E-state index in [1.54, 1.807) is 0 Å². The van der Waals surface area contributed by atoms with Gasteiger partial charge < -0.3 is 9.13 Å². The van der Waals surface area contributed by atoms with Crippen molar-refractivity contribution in [3.05, 3.63) is 176 Å². The SMILES string of the molecule is C=C/C=C\c1c(C)n(-c2ccccc2)c2c1ccc1c3ccccc3n(-c3cc(-c4ccccc4)cc(-c4ccccc4)c3)c12. The molecule has 2 heterocycles. The van der Waals surface area contributed by atoms with Crippen molar-refractivity contribution in [1.82, 2.24) is 9.13 Å². The normalized spacial score (nSPS) is 11.7. The molecular formula is C43H32N2. The van der Waals surface area contributed by atoms with Crippen LogP contribution in [0.1, 0.15) is 11.3 Å². The highest BCUT2D eigenvalue weighted by Gasteiger charge is 2.22. The predicted molar refractivity (Wildman–Crippen MR) is 192 cm³/mol. The third-order valence-electron chi connectivity index (χ3n) is 8.85. The van der Waals surface area contributed by atoms with E-state index in [9.17, 15) is 0 Å². The molecule has 2 nitrogen and oxygen atoms in total. The summed E-state index contributed by atoms with van der Waals surface area (Å²) < 4.78 is 4.90. The molecule has 0 unspecified atom stereocenters. The fourth-order valence-electron chi connectivity index (χ4n) is 6.84. The van der Waals surface area contributed by atoms with E-state index in [1.165, 1.54) is 66.2 Å². The molecule has 0 aliphatic heterocycles. The smallest absolute Gasteiger partial charge is 0.0788 e. The van der Waals surface area contributed by atoms with E-state index in [1.807, 2.05) is 12.2 Å². The Balaban J connectivity index is 1.55. The highest BCUT2D eigenvalue weighted by atomic mass is 15.0. The lowest BCUT2D eigenvalue weighted by Crippen LogP contribution is -2.00. The molecule has 0 atom stereocenters. The molecule has 0 spiro atoms. The predicted octanol–water partition coefficient (Wildman–Crippen LogP) is 11.6. The second kappa shape index (κ2) is 11.0. The second-order valence-corrected chi connectivity index (χ2v) is 11.5. The third kappa shape index (κ3) is 4.42. The average molecular weight is 577 g/mol. The molecule has 45 heavy (non-hydrogen) atoms. The van der Waals surface area contributed by atoms with Gasteiger partial charge >= 0.3 is 0 Å². The first-order valence-electron chi connectivity index (χ1n) is 15.4. The van der Waals surface area contributed by atoms with Crippen molar-refractivity contribution in [3.8, 4) is 33.6 Å². The van der Waals surface area contributed by atoms with Crippen molar-refractivity contribution in [2.24, 2.45) is 0 Å². The maximum atomic E-state index is 3.95. The summed E-state index contributed by atoms with van der Waals surface area (Å²) in [4.78, 5) is 0. The summed E-state index contributed by atoms with van der Waals surface area (Å²) >= 11 is 0.